The second kappa shape index (κ2) is 6.03. The molecule has 0 heterocycles. The molecule has 17 heavy (non-hydrogen) atoms. The second-order valence-corrected chi connectivity index (χ2v) is 3.67. The summed E-state index contributed by atoms with van der Waals surface area (Å²) in [5.41, 5.74) is 1.08. The zero-order chi connectivity index (χ0) is 12.8. The molecular formula is C13H16O4. The number of carbonyl (C=O) groups excluding carboxylic acids is 2. The van der Waals surface area contributed by atoms with E-state index in [0.717, 1.165) is 5.56 Å². The Balaban J connectivity index is 2.76. The van der Waals surface area contributed by atoms with E-state index in [-0.39, 0.29) is 12.4 Å². The maximum Gasteiger partial charge on any atom is 0.355 e. The third kappa shape index (κ3) is 3.90. The summed E-state index contributed by atoms with van der Waals surface area (Å²) in [6.07, 6.45) is -1.18. The van der Waals surface area contributed by atoms with Crippen LogP contribution in [0.1, 0.15) is 19.4 Å². The first-order valence-electron chi connectivity index (χ1n) is 5.45. The number of ketones is 1. The van der Waals surface area contributed by atoms with Crippen molar-refractivity contribution in [1.29, 1.82) is 0 Å². The Morgan fingerprint density at radius 3 is 2.29 bits per heavy atom. The summed E-state index contributed by atoms with van der Waals surface area (Å²) in [5.74, 6) is -0.548. The van der Waals surface area contributed by atoms with E-state index in [1.807, 2.05) is 19.1 Å². The lowest BCUT2D eigenvalue weighted by molar-refractivity contribution is -0.154. The van der Waals surface area contributed by atoms with E-state index in [9.17, 15) is 9.59 Å². The molecular weight excluding hydrogens is 220 g/mol. The van der Waals surface area contributed by atoms with Crippen molar-refractivity contribution in [2.45, 2.75) is 26.9 Å². The van der Waals surface area contributed by atoms with Gasteiger partial charge < -0.3 is 9.47 Å². The van der Waals surface area contributed by atoms with E-state index in [2.05, 4.69) is 0 Å². The molecule has 0 bridgehead atoms. The summed E-state index contributed by atoms with van der Waals surface area (Å²) in [6, 6.07) is 7.12. The molecule has 1 atom stereocenters. The van der Waals surface area contributed by atoms with Gasteiger partial charge in [0.2, 0.25) is 0 Å². The summed E-state index contributed by atoms with van der Waals surface area (Å²) in [6.45, 7) is 5.15. The average molecular weight is 236 g/mol. The van der Waals surface area contributed by atoms with Crippen LogP contribution in [0.2, 0.25) is 0 Å². The monoisotopic (exact) mass is 236 g/mol. The molecule has 0 N–H and O–H groups in total. The van der Waals surface area contributed by atoms with Gasteiger partial charge in [0.05, 0.1) is 6.61 Å². The minimum absolute atomic E-state index is 0.222. The van der Waals surface area contributed by atoms with E-state index >= 15 is 0 Å². The number of esters is 1. The quantitative estimate of drug-likeness (QED) is 0.578. The van der Waals surface area contributed by atoms with Crippen molar-refractivity contribution in [2.75, 3.05) is 6.61 Å². The van der Waals surface area contributed by atoms with E-state index in [4.69, 9.17) is 9.47 Å². The highest BCUT2D eigenvalue weighted by Crippen LogP contribution is 2.14. The number of aryl methyl sites for hydroxylation is 1. The Hall–Kier alpha value is -1.84. The van der Waals surface area contributed by atoms with Gasteiger partial charge in [-0.25, -0.2) is 4.79 Å². The molecule has 92 valence electrons. The Kier molecular flexibility index (Phi) is 4.69. The second-order valence-electron chi connectivity index (χ2n) is 3.67. The molecule has 0 saturated heterocycles. The molecule has 4 heteroatoms. The van der Waals surface area contributed by atoms with Crippen molar-refractivity contribution < 1.29 is 19.1 Å². The highest BCUT2D eigenvalue weighted by Gasteiger charge is 2.26. The minimum atomic E-state index is -1.18. The third-order valence-electron chi connectivity index (χ3n) is 2.14. The van der Waals surface area contributed by atoms with Crippen molar-refractivity contribution in [1.82, 2.24) is 0 Å². The van der Waals surface area contributed by atoms with Gasteiger partial charge in [-0.15, -0.1) is 0 Å². The third-order valence-corrected chi connectivity index (χ3v) is 2.14. The van der Waals surface area contributed by atoms with Crippen LogP contribution in [0.4, 0.5) is 0 Å². The maximum atomic E-state index is 11.5. The van der Waals surface area contributed by atoms with Crippen molar-refractivity contribution >= 4 is 11.8 Å². The topological polar surface area (TPSA) is 52.6 Å². The summed E-state index contributed by atoms with van der Waals surface area (Å²) < 4.78 is 10.1. The smallest absolute Gasteiger partial charge is 0.355 e. The van der Waals surface area contributed by atoms with Gasteiger partial charge in [-0.1, -0.05) is 17.7 Å². The standard InChI is InChI=1S/C13H16O4/c1-4-16-13(15)12(10(3)14)17-11-7-5-9(2)6-8-11/h5-8,12H,4H2,1-3H3/t12-/m0/s1. The van der Waals surface area contributed by atoms with Crippen LogP contribution in [-0.2, 0) is 14.3 Å². The van der Waals surface area contributed by atoms with E-state index < -0.39 is 12.1 Å². The van der Waals surface area contributed by atoms with Gasteiger partial charge in [0.25, 0.3) is 6.10 Å². The molecule has 0 aliphatic rings. The summed E-state index contributed by atoms with van der Waals surface area (Å²) >= 11 is 0. The lowest BCUT2D eigenvalue weighted by atomic mass is 10.2. The van der Waals surface area contributed by atoms with Crippen molar-refractivity contribution in [3.63, 3.8) is 0 Å². The average Bonchev–Trinajstić information content (AvgIpc) is 2.28. The van der Waals surface area contributed by atoms with Gasteiger partial charge in [0.15, 0.2) is 5.78 Å². The highest BCUT2D eigenvalue weighted by molar-refractivity contribution is 6.01. The summed E-state index contributed by atoms with van der Waals surface area (Å²) in [7, 11) is 0. The van der Waals surface area contributed by atoms with E-state index in [1.54, 1.807) is 19.1 Å². The number of ether oxygens (including phenoxy) is 2. The van der Waals surface area contributed by atoms with Crippen LogP contribution in [0.5, 0.6) is 5.75 Å². The van der Waals surface area contributed by atoms with Crippen LogP contribution in [0.3, 0.4) is 0 Å². The highest BCUT2D eigenvalue weighted by atomic mass is 16.6. The van der Waals surface area contributed by atoms with Crippen molar-refractivity contribution in [3.05, 3.63) is 29.8 Å². The zero-order valence-corrected chi connectivity index (χ0v) is 10.2. The molecule has 0 spiro atoms. The number of rotatable bonds is 5. The van der Waals surface area contributed by atoms with Gasteiger partial charge in [-0.3, -0.25) is 4.79 Å². The Morgan fingerprint density at radius 1 is 1.24 bits per heavy atom. The predicted molar refractivity (Wildman–Crippen MR) is 62.9 cm³/mol. The SMILES string of the molecule is CCOC(=O)[C@@H](Oc1ccc(C)cc1)C(C)=O. The summed E-state index contributed by atoms with van der Waals surface area (Å²) in [4.78, 5) is 22.8. The predicted octanol–water partition coefficient (Wildman–Crippen LogP) is 1.89. The fourth-order valence-electron chi connectivity index (χ4n) is 1.27. The van der Waals surface area contributed by atoms with Crippen LogP contribution < -0.4 is 4.74 Å². The molecule has 0 fully saturated rings. The first-order chi connectivity index (χ1) is 8.04. The van der Waals surface area contributed by atoms with Crippen LogP contribution >= 0.6 is 0 Å². The lowest BCUT2D eigenvalue weighted by Crippen LogP contribution is -2.35. The first-order valence-corrected chi connectivity index (χ1v) is 5.45. The van der Waals surface area contributed by atoms with Gasteiger partial charge in [-0.05, 0) is 32.9 Å². The van der Waals surface area contributed by atoms with Crippen molar-refractivity contribution in [3.8, 4) is 5.75 Å². The Labute approximate surface area is 101 Å². The molecule has 0 aliphatic heterocycles. The molecule has 0 radical (unpaired) electrons. The van der Waals surface area contributed by atoms with Gasteiger partial charge in [0, 0.05) is 0 Å². The number of carbonyl (C=O) groups is 2. The number of Topliss-reactive ketones (excluding diaryl/α,β-unsaturated/α-hetero) is 1. The van der Waals surface area contributed by atoms with Crippen LogP contribution in [-0.4, -0.2) is 24.5 Å². The van der Waals surface area contributed by atoms with E-state index in [1.165, 1.54) is 6.92 Å². The lowest BCUT2D eigenvalue weighted by Gasteiger charge is -2.14. The molecule has 1 rings (SSSR count). The first kappa shape index (κ1) is 13.2. The molecule has 0 aromatic heterocycles. The molecule has 0 unspecified atom stereocenters. The molecule has 1 aromatic rings. The fraction of sp³-hybridized carbons (Fsp3) is 0.385. The van der Waals surface area contributed by atoms with Crippen molar-refractivity contribution in [2.24, 2.45) is 0 Å². The maximum absolute atomic E-state index is 11.5. The molecule has 4 nitrogen and oxygen atoms in total. The molecule has 1 aromatic carbocycles. The Morgan fingerprint density at radius 2 is 1.82 bits per heavy atom. The number of hydrogen-bond acceptors (Lipinski definition) is 4. The number of benzene rings is 1. The molecule has 0 aliphatic carbocycles. The zero-order valence-electron chi connectivity index (χ0n) is 10.2. The van der Waals surface area contributed by atoms with Gasteiger partial charge >= 0.3 is 5.97 Å². The molecule has 0 saturated carbocycles. The number of hydrogen-bond donors (Lipinski definition) is 0. The van der Waals surface area contributed by atoms with Gasteiger partial charge in [-0.2, -0.15) is 0 Å². The van der Waals surface area contributed by atoms with E-state index in [0.29, 0.717) is 5.75 Å². The minimum Gasteiger partial charge on any atom is -0.471 e. The van der Waals surface area contributed by atoms with Crippen LogP contribution in [0.25, 0.3) is 0 Å². The van der Waals surface area contributed by atoms with Gasteiger partial charge in [0.1, 0.15) is 5.75 Å². The largest absolute Gasteiger partial charge is 0.471 e. The molecule has 0 amide bonds. The fourth-order valence-corrected chi connectivity index (χ4v) is 1.27. The van der Waals surface area contributed by atoms with Crippen LogP contribution in [0.15, 0.2) is 24.3 Å². The Bertz CT molecular complexity index is 394. The van der Waals surface area contributed by atoms with Crippen LogP contribution in [0, 0.1) is 6.92 Å². The normalized spacial score (nSPS) is 11.7. The summed E-state index contributed by atoms with van der Waals surface area (Å²) in [5, 5.41) is 0.